The average molecular weight is 601 g/mol. The molecular formula is C34H34F2N4O4. The van der Waals surface area contributed by atoms with Crippen molar-refractivity contribution in [3.8, 4) is 34.0 Å². The number of aromatic amines is 1. The fourth-order valence-electron chi connectivity index (χ4n) is 5.44. The van der Waals surface area contributed by atoms with E-state index < -0.39 is 17.9 Å². The number of H-pyrrole nitrogens is 1. The van der Waals surface area contributed by atoms with Crippen molar-refractivity contribution in [1.82, 2.24) is 14.9 Å². The first-order chi connectivity index (χ1) is 21.3. The second-order valence-corrected chi connectivity index (χ2v) is 10.9. The molecule has 44 heavy (non-hydrogen) atoms. The van der Waals surface area contributed by atoms with Crippen molar-refractivity contribution in [1.29, 1.82) is 0 Å². The molecule has 0 spiro atoms. The van der Waals surface area contributed by atoms with Crippen LogP contribution in [0.4, 0.5) is 8.78 Å². The number of nitrogens with zero attached hydrogens (tertiary/aromatic N) is 2. The summed E-state index contributed by atoms with van der Waals surface area (Å²) in [5, 5.41) is 10.1. The van der Waals surface area contributed by atoms with Crippen molar-refractivity contribution >= 4 is 11.0 Å². The lowest BCUT2D eigenvalue weighted by Crippen LogP contribution is -2.51. The third-order valence-electron chi connectivity index (χ3n) is 7.86. The lowest BCUT2D eigenvalue weighted by Gasteiger charge is -2.38. The van der Waals surface area contributed by atoms with Crippen LogP contribution in [0.25, 0.3) is 33.3 Å². The summed E-state index contributed by atoms with van der Waals surface area (Å²) < 4.78 is 47.3. The van der Waals surface area contributed by atoms with Gasteiger partial charge in [-0.15, -0.1) is 0 Å². The van der Waals surface area contributed by atoms with E-state index in [1.54, 1.807) is 30.3 Å². The highest BCUT2D eigenvalue weighted by Crippen LogP contribution is 2.34. The highest BCUT2D eigenvalue weighted by Gasteiger charge is 2.27. The number of benzene rings is 4. The Hall–Kier alpha value is -4.19. The van der Waals surface area contributed by atoms with Crippen molar-refractivity contribution in [3.05, 3.63) is 101 Å². The van der Waals surface area contributed by atoms with E-state index in [-0.39, 0.29) is 28.7 Å². The van der Waals surface area contributed by atoms with E-state index in [9.17, 15) is 5.11 Å². The number of methoxy groups -OCH3 is 1. The number of aliphatic hydroxyl groups excluding tert-OH is 1. The number of halogens is 2. The van der Waals surface area contributed by atoms with E-state index in [4.69, 9.17) is 19.9 Å². The maximum Gasteiger partial charge on any atom is 0.300 e. The molecule has 5 aromatic rings. The summed E-state index contributed by atoms with van der Waals surface area (Å²) in [5.41, 5.74) is 10.3. The smallest absolute Gasteiger partial charge is 0.300 e. The summed E-state index contributed by atoms with van der Waals surface area (Å²) in [6.07, 6.45) is -0.861. The van der Waals surface area contributed by atoms with Crippen molar-refractivity contribution < 1.29 is 28.1 Å². The zero-order valence-electron chi connectivity index (χ0n) is 24.5. The SMILES string of the molecule is COC(O)c1cc(Oc2nc3c(F)c(-c4ccc(-c5ccc(CN6CC(OCCN)C6)cc5)cc4)c(F)cc3[nH]2)ccc1C. The van der Waals surface area contributed by atoms with E-state index in [2.05, 4.69) is 39.1 Å². The Morgan fingerprint density at radius 2 is 1.68 bits per heavy atom. The zero-order chi connectivity index (χ0) is 30.8. The highest BCUT2D eigenvalue weighted by atomic mass is 19.1. The Labute approximate surface area is 254 Å². The van der Waals surface area contributed by atoms with Gasteiger partial charge in [0, 0.05) is 44.9 Å². The largest absolute Gasteiger partial charge is 0.426 e. The van der Waals surface area contributed by atoms with Gasteiger partial charge in [0.25, 0.3) is 6.01 Å². The molecule has 4 N–H and O–H groups in total. The Kier molecular flexibility index (Phi) is 8.69. The van der Waals surface area contributed by atoms with E-state index >= 15 is 8.78 Å². The Morgan fingerprint density at radius 3 is 2.36 bits per heavy atom. The molecule has 4 aromatic carbocycles. The Bertz CT molecular complexity index is 1750. The second-order valence-electron chi connectivity index (χ2n) is 10.9. The van der Waals surface area contributed by atoms with Crippen LogP contribution in [-0.4, -0.2) is 59.4 Å². The van der Waals surface area contributed by atoms with E-state index in [1.165, 1.54) is 18.7 Å². The number of nitrogens with two attached hydrogens (primary N) is 1. The molecule has 1 unspecified atom stereocenters. The molecule has 1 aliphatic rings. The predicted molar refractivity (Wildman–Crippen MR) is 164 cm³/mol. The molecule has 1 aliphatic heterocycles. The maximum absolute atomic E-state index is 15.7. The van der Waals surface area contributed by atoms with Crippen LogP contribution >= 0.6 is 0 Å². The van der Waals surface area contributed by atoms with Gasteiger partial charge in [-0.1, -0.05) is 54.6 Å². The van der Waals surface area contributed by atoms with Gasteiger partial charge in [-0.05, 0) is 46.9 Å². The highest BCUT2D eigenvalue weighted by molar-refractivity contribution is 5.84. The third-order valence-corrected chi connectivity index (χ3v) is 7.86. The minimum Gasteiger partial charge on any atom is -0.426 e. The summed E-state index contributed by atoms with van der Waals surface area (Å²) in [7, 11) is 1.39. The van der Waals surface area contributed by atoms with Crippen molar-refractivity contribution in [2.75, 3.05) is 33.4 Å². The Balaban J connectivity index is 1.16. The van der Waals surface area contributed by atoms with Crippen LogP contribution in [-0.2, 0) is 16.0 Å². The number of aliphatic hydroxyl groups is 1. The van der Waals surface area contributed by atoms with E-state index in [1.807, 2.05) is 19.1 Å². The van der Waals surface area contributed by atoms with Gasteiger partial charge in [-0.25, -0.2) is 8.78 Å². The van der Waals surface area contributed by atoms with Gasteiger partial charge in [0.2, 0.25) is 0 Å². The van der Waals surface area contributed by atoms with E-state index in [0.29, 0.717) is 30.0 Å². The summed E-state index contributed by atoms with van der Waals surface area (Å²) in [6.45, 7) is 5.63. The van der Waals surface area contributed by atoms with Crippen LogP contribution in [0.3, 0.4) is 0 Å². The van der Waals surface area contributed by atoms with Crippen molar-refractivity contribution in [2.24, 2.45) is 5.73 Å². The molecule has 1 fully saturated rings. The molecule has 0 amide bonds. The van der Waals surface area contributed by atoms with Gasteiger partial charge in [-0.3, -0.25) is 4.90 Å². The maximum atomic E-state index is 15.7. The van der Waals surface area contributed by atoms with Crippen LogP contribution in [0, 0.1) is 18.6 Å². The van der Waals surface area contributed by atoms with E-state index in [0.717, 1.165) is 36.3 Å². The number of aromatic nitrogens is 2. The standard InChI is InChI=1S/C34H34F2N4O4/c1-20-3-12-25(15-27(20)33(41)42-2)44-34-38-29-16-28(35)30(31(36)32(29)39-34)24-10-8-23(9-11-24)22-6-4-21(5-7-22)17-40-18-26(19-40)43-14-13-37/h3-12,15-16,26,33,41H,13-14,17-19,37H2,1-2H3,(H,38,39). The van der Waals surface area contributed by atoms with Gasteiger partial charge in [0.1, 0.15) is 17.1 Å². The average Bonchev–Trinajstić information content (AvgIpc) is 3.42. The summed E-state index contributed by atoms with van der Waals surface area (Å²) in [4.78, 5) is 9.40. The first kappa shape index (κ1) is 29.9. The molecule has 0 saturated carbocycles. The number of hydrogen-bond acceptors (Lipinski definition) is 7. The number of imidazole rings is 1. The molecule has 10 heteroatoms. The topological polar surface area (TPSA) is 106 Å². The molecule has 2 heterocycles. The molecule has 1 aromatic heterocycles. The lowest BCUT2D eigenvalue weighted by molar-refractivity contribution is -0.0774. The van der Waals surface area contributed by atoms with Crippen LogP contribution in [0.2, 0.25) is 0 Å². The first-order valence-electron chi connectivity index (χ1n) is 14.4. The van der Waals surface area contributed by atoms with Crippen molar-refractivity contribution in [2.45, 2.75) is 25.9 Å². The van der Waals surface area contributed by atoms with Crippen LogP contribution in [0.1, 0.15) is 23.0 Å². The zero-order valence-corrected chi connectivity index (χ0v) is 24.5. The number of ether oxygens (including phenoxy) is 3. The minimum atomic E-state index is -1.12. The van der Waals surface area contributed by atoms with Crippen molar-refractivity contribution in [3.63, 3.8) is 0 Å². The molecule has 8 nitrogen and oxygen atoms in total. The molecule has 6 rings (SSSR count). The summed E-state index contributed by atoms with van der Waals surface area (Å²) in [6, 6.07) is 21.7. The number of aryl methyl sites for hydroxylation is 1. The number of rotatable bonds is 11. The summed E-state index contributed by atoms with van der Waals surface area (Å²) in [5.74, 6) is -1.15. The molecular weight excluding hydrogens is 566 g/mol. The fourth-order valence-corrected chi connectivity index (χ4v) is 5.44. The minimum absolute atomic E-state index is 0.00944. The quantitative estimate of drug-likeness (QED) is 0.158. The van der Waals surface area contributed by atoms with Gasteiger partial charge < -0.3 is 30.0 Å². The fraction of sp³-hybridized carbons (Fsp3) is 0.265. The predicted octanol–water partition coefficient (Wildman–Crippen LogP) is 6.07. The Morgan fingerprint density at radius 1 is 1.00 bits per heavy atom. The third kappa shape index (κ3) is 6.21. The van der Waals surface area contributed by atoms with Crippen LogP contribution in [0.5, 0.6) is 11.8 Å². The normalized spacial score (nSPS) is 14.6. The molecule has 1 saturated heterocycles. The van der Waals surface area contributed by atoms with Gasteiger partial charge in [0.15, 0.2) is 12.1 Å². The molecule has 1 atom stereocenters. The van der Waals surface area contributed by atoms with Gasteiger partial charge in [0.05, 0.1) is 23.8 Å². The molecule has 0 aliphatic carbocycles. The second kappa shape index (κ2) is 12.8. The number of likely N-dealkylation sites (tertiary alicyclic amines) is 1. The number of hydrogen-bond donors (Lipinski definition) is 3. The van der Waals surface area contributed by atoms with Crippen LogP contribution in [0.15, 0.2) is 72.8 Å². The molecule has 228 valence electrons. The molecule has 0 radical (unpaired) electrons. The lowest BCUT2D eigenvalue weighted by atomic mass is 9.98. The van der Waals surface area contributed by atoms with Gasteiger partial charge >= 0.3 is 0 Å². The monoisotopic (exact) mass is 600 g/mol. The number of fused-ring (bicyclic) bond motifs is 1. The summed E-state index contributed by atoms with van der Waals surface area (Å²) >= 11 is 0. The molecule has 0 bridgehead atoms. The number of nitrogens with one attached hydrogen (secondary N) is 1. The first-order valence-corrected chi connectivity index (χ1v) is 14.4. The van der Waals surface area contributed by atoms with Crippen LogP contribution < -0.4 is 10.5 Å². The van der Waals surface area contributed by atoms with Gasteiger partial charge in [-0.2, -0.15) is 4.98 Å².